The van der Waals surface area contributed by atoms with Crippen molar-refractivity contribution in [1.29, 1.82) is 0 Å². The third kappa shape index (κ3) is 17.2. The maximum atomic E-state index is 16.0. The van der Waals surface area contributed by atoms with Crippen molar-refractivity contribution in [1.82, 2.24) is 25.8 Å². The second kappa shape index (κ2) is 32.9. The van der Waals surface area contributed by atoms with Crippen molar-refractivity contribution in [2.45, 2.75) is 191 Å². The zero-order chi connectivity index (χ0) is 81.7. The van der Waals surface area contributed by atoms with Crippen LogP contribution in [-0.4, -0.2) is 76.3 Å². The highest BCUT2D eigenvalue weighted by Crippen LogP contribution is 2.40. The van der Waals surface area contributed by atoms with Gasteiger partial charge in [-0.25, -0.2) is 50.5 Å². The lowest BCUT2D eigenvalue weighted by molar-refractivity contribution is 0.383. The molecule has 0 radical (unpaired) electrons. The molecular formula is C90H96N6O12S6. The van der Waals surface area contributed by atoms with Gasteiger partial charge in [-0.2, -0.15) is 25.8 Å². The zero-order valence-electron chi connectivity index (χ0n) is 66.3. The van der Waals surface area contributed by atoms with Crippen LogP contribution in [0.25, 0.3) is 0 Å². The second-order valence-corrected chi connectivity index (χ2v) is 42.2. The summed E-state index contributed by atoms with van der Waals surface area (Å²) in [6, 6.07) is 60.3. The van der Waals surface area contributed by atoms with Gasteiger partial charge in [0.25, 0.3) is 0 Å². The molecule has 14 rings (SSSR count). The Bertz CT molecular complexity index is 5230. The predicted octanol–water partition coefficient (Wildman–Crippen LogP) is 16.4. The molecule has 11 aromatic rings. The molecule has 3 heterocycles. The van der Waals surface area contributed by atoms with Crippen LogP contribution in [0.1, 0.15) is 134 Å². The Labute approximate surface area is 674 Å². The first-order valence-corrected chi connectivity index (χ1v) is 46.4. The van der Waals surface area contributed by atoms with Gasteiger partial charge in [0.2, 0.25) is 60.1 Å². The van der Waals surface area contributed by atoms with Crippen molar-refractivity contribution in [3.05, 3.63) is 352 Å². The van der Waals surface area contributed by atoms with Gasteiger partial charge in [0.1, 0.15) is 0 Å². The van der Waals surface area contributed by atoms with Crippen LogP contribution in [0.3, 0.4) is 0 Å². The SMILES string of the molecule is Cc1ccc(S(=O)(=O)N2Cc3cccc(c3)CN(S(=O)(=O)c3ccc(C)cc3)Cc3c(C)c4c(C)c(c3C)CN(S(=O)(=O)c3ccc(C)cc3)Cc3cccc(c3)CN(S(=O)(=O)c3ccc(C)cc3)Cc3c(C)c(c(C)c(c3C)CN(S(=O)(=O)c3ccc(C)cc3)Cc3cccc(c3)CN(S(=O)(=O)c3ccc(C)cc3)C4)C2)cc1. The molecular weight excluding hydrogens is 1550 g/mol. The van der Waals surface area contributed by atoms with E-state index in [9.17, 15) is 0 Å². The van der Waals surface area contributed by atoms with E-state index in [0.717, 1.165) is 33.4 Å². The van der Waals surface area contributed by atoms with Gasteiger partial charge in [-0.3, -0.25) is 0 Å². The molecule has 0 saturated heterocycles. The fourth-order valence-corrected chi connectivity index (χ4v) is 23.9. The Balaban J connectivity index is 1.16. The van der Waals surface area contributed by atoms with E-state index in [2.05, 4.69) is 0 Å². The fraction of sp³-hybridized carbons (Fsp3) is 0.267. The van der Waals surface area contributed by atoms with Crippen molar-refractivity contribution in [2.24, 2.45) is 0 Å². The van der Waals surface area contributed by atoms with Crippen molar-refractivity contribution >= 4 is 60.1 Å². The smallest absolute Gasteiger partial charge is 0.207 e. The quantitative estimate of drug-likeness (QED) is 0.111. The minimum Gasteiger partial charge on any atom is -0.207 e. The first-order chi connectivity index (χ1) is 53.9. The number of rotatable bonds is 12. The van der Waals surface area contributed by atoms with Gasteiger partial charge in [0.05, 0.1) is 29.4 Å². The molecule has 0 unspecified atom stereocenters. The molecule has 114 heavy (non-hydrogen) atoms. The number of benzene rings is 11. The first kappa shape index (κ1) is 82.8. The molecule has 3 aliphatic heterocycles. The molecule has 0 atom stereocenters. The summed E-state index contributed by atoms with van der Waals surface area (Å²) in [5, 5.41) is 0. The minimum absolute atomic E-state index is 0.0201. The van der Waals surface area contributed by atoms with Crippen LogP contribution in [0, 0.1) is 83.1 Å². The highest BCUT2D eigenvalue weighted by atomic mass is 32.2. The summed E-state index contributed by atoms with van der Waals surface area (Å²) in [5.41, 5.74) is 13.5. The summed E-state index contributed by atoms with van der Waals surface area (Å²) in [5.74, 6) is 0. The average Bonchev–Trinajstić information content (AvgIpc) is 0.753. The summed E-state index contributed by atoms with van der Waals surface area (Å²) in [6.07, 6.45) is 0. The van der Waals surface area contributed by atoms with Crippen molar-refractivity contribution in [3.63, 3.8) is 0 Å². The van der Waals surface area contributed by atoms with Gasteiger partial charge in [-0.15, -0.1) is 0 Å². The number of hydrogen-bond acceptors (Lipinski definition) is 12. The molecule has 24 heteroatoms. The van der Waals surface area contributed by atoms with E-state index < -0.39 is 60.1 Å². The summed E-state index contributed by atoms with van der Waals surface area (Å²) < 4.78 is 201. The lowest BCUT2D eigenvalue weighted by Crippen LogP contribution is -2.35. The summed E-state index contributed by atoms with van der Waals surface area (Å²) in [4.78, 5) is -0.120. The Hall–Kier alpha value is -9.12. The van der Waals surface area contributed by atoms with Gasteiger partial charge < -0.3 is 0 Å². The monoisotopic (exact) mass is 1640 g/mol. The molecule has 0 spiro atoms. The number of nitrogens with zero attached hydrogens (tertiary/aromatic N) is 6. The number of sulfonamides is 6. The van der Waals surface area contributed by atoms with E-state index in [1.807, 2.05) is 83.1 Å². The lowest BCUT2D eigenvalue weighted by atomic mass is 9.87. The van der Waals surface area contributed by atoms with Crippen molar-refractivity contribution < 1.29 is 50.5 Å². The Kier molecular flexibility index (Phi) is 23.9. The number of fused-ring (bicyclic) bond motifs is 12. The molecule has 11 aromatic carbocycles. The van der Waals surface area contributed by atoms with E-state index in [-0.39, 0.29) is 108 Å². The van der Waals surface area contributed by atoms with E-state index in [1.165, 1.54) is 25.8 Å². The topological polar surface area (TPSA) is 224 Å². The van der Waals surface area contributed by atoms with Gasteiger partial charge >= 0.3 is 0 Å². The maximum Gasteiger partial charge on any atom is 0.243 e. The Morgan fingerprint density at radius 1 is 0.175 bits per heavy atom. The largest absolute Gasteiger partial charge is 0.243 e. The fourth-order valence-electron chi connectivity index (χ4n) is 15.5. The standard InChI is InChI=1S/C90H96N6O12S6/c1-61-22-34-79(35-23-61)109(97,98)91-49-73-16-13-17-74(46-73)50-92(110(99,100)80-36-24-62(2)25-37-80)58-88-70(10)89-59-95(113(105,106)83-42-30-65(5)31-43-83)53-77-20-14-18-75(47-77)51-93(111(101,102)81-38-26-63(3)27-39-81)56-86-67(7)85(55-91)68(8)87(69(86)9)57-94(112(103,104)82-40-28-64(4)29-41-82)52-76-19-15-21-78(48-76)54-96(60-90(71(88)11)72(89)12)114(107,108)84-44-32-66(6)33-45-84/h13-48H,49-60H2,1-12H3. The van der Waals surface area contributed by atoms with Crippen LogP contribution in [0.15, 0.2) is 248 Å². The Morgan fingerprint density at radius 2 is 0.298 bits per heavy atom. The number of aryl methyl sites for hydroxylation is 6. The van der Waals surface area contributed by atoms with E-state index in [0.29, 0.717) is 100 Å². The third-order valence-electron chi connectivity index (χ3n) is 22.5. The normalized spacial score (nSPS) is 15.7. The molecule has 12 bridgehead atoms. The van der Waals surface area contributed by atoms with E-state index in [1.54, 1.807) is 218 Å². The van der Waals surface area contributed by atoms with Gasteiger partial charge in [-0.05, 0) is 256 Å². The molecule has 0 N–H and O–H groups in total. The van der Waals surface area contributed by atoms with Gasteiger partial charge in [0, 0.05) is 78.5 Å². The average molecular weight is 1650 g/mol. The van der Waals surface area contributed by atoms with Crippen molar-refractivity contribution in [2.75, 3.05) is 0 Å². The van der Waals surface area contributed by atoms with Crippen LogP contribution in [0.5, 0.6) is 0 Å². The summed E-state index contributed by atoms with van der Waals surface area (Å²) >= 11 is 0. The van der Waals surface area contributed by atoms with Crippen LogP contribution in [0.4, 0.5) is 0 Å². The molecule has 0 aromatic heterocycles. The molecule has 0 amide bonds. The van der Waals surface area contributed by atoms with Crippen LogP contribution < -0.4 is 0 Å². The van der Waals surface area contributed by atoms with E-state index >= 15 is 50.5 Å². The molecule has 0 fully saturated rings. The van der Waals surface area contributed by atoms with Crippen LogP contribution in [-0.2, 0) is 139 Å². The van der Waals surface area contributed by atoms with Crippen LogP contribution in [0.2, 0.25) is 0 Å². The summed E-state index contributed by atoms with van der Waals surface area (Å²) in [6.45, 7) is 18.3. The molecule has 0 saturated carbocycles. The first-order valence-electron chi connectivity index (χ1n) is 37.7. The van der Waals surface area contributed by atoms with Crippen molar-refractivity contribution in [3.8, 4) is 0 Å². The lowest BCUT2D eigenvalue weighted by Gasteiger charge is -2.32. The van der Waals surface area contributed by atoms with Gasteiger partial charge in [0.15, 0.2) is 0 Å². The predicted molar refractivity (Wildman–Crippen MR) is 446 cm³/mol. The maximum absolute atomic E-state index is 16.0. The zero-order valence-corrected chi connectivity index (χ0v) is 71.2. The number of hydrogen-bond donors (Lipinski definition) is 0. The van der Waals surface area contributed by atoms with Gasteiger partial charge in [-0.1, -0.05) is 179 Å². The Morgan fingerprint density at radius 3 is 0.421 bits per heavy atom. The highest BCUT2D eigenvalue weighted by Gasteiger charge is 2.38. The highest BCUT2D eigenvalue weighted by molar-refractivity contribution is 7.90. The van der Waals surface area contributed by atoms with Crippen LogP contribution >= 0.6 is 0 Å². The molecule has 0 aliphatic carbocycles. The molecule has 18 nitrogen and oxygen atoms in total. The molecule has 3 aliphatic rings. The van der Waals surface area contributed by atoms with E-state index in [4.69, 9.17) is 0 Å². The third-order valence-corrected chi connectivity index (χ3v) is 33.4. The summed E-state index contributed by atoms with van der Waals surface area (Å²) in [7, 11) is -27.2. The second-order valence-electron chi connectivity index (χ2n) is 30.6. The minimum atomic E-state index is -4.53. The molecule has 594 valence electrons.